The van der Waals surface area contributed by atoms with Gasteiger partial charge in [-0.2, -0.15) is 5.26 Å². The van der Waals surface area contributed by atoms with E-state index in [4.69, 9.17) is 20.6 Å². The second-order valence-electron chi connectivity index (χ2n) is 9.00. The number of nitrogens with zero attached hydrogens (tertiary/aromatic N) is 2. The number of rotatable bonds is 14. The lowest BCUT2D eigenvalue weighted by Gasteiger charge is -2.29. The van der Waals surface area contributed by atoms with E-state index in [1.165, 1.54) is 24.9 Å². The smallest absolute Gasteiger partial charge is 0.262 e. The Balaban J connectivity index is 1.46. The summed E-state index contributed by atoms with van der Waals surface area (Å²) in [4.78, 5) is 15.1. The van der Waals surface area contributed by atoms with Gasteiger partial charge < -0.3 is 24.4 Å². The van der Waals surface area contributed by atoms with Gasteiger partial charge >= 0.3 is 0 Å². The van der Waals surface area contributed by atoms with E-state index in [1.54, 1.807) is 0 Å². The van der Waals surface area contributed by atoms with Gasteiger partial charge in [-0.25, -0.2) is 0 Å². The van der Waals surface area contributed by atoms with Crippen LogP contribution < -0.4 is 10.2 Å². The van der Waals surface area contributed by atoms with Crippen LogP contribution in [-0.2, 0) is 19.0 Å². The lowest BCUT2D eigenvalue weighted by molar-refractivity contribution is -0.117. The normalized spacial score (nSPS) is 14.1. The van der Waals surface area contributed by atoms with E-state index < -0.39 is 5.91 Å². The number of fused-ring (bicyclic) bond motifs is 1. The topological polar surface area (TPSA) is 83.8 Å². The van der Waals surface area contributed by atoms with Crippen LogP contribution in [0.4, 0.5) is 5.69 Å². The van der Waals surface area contributed by atoms with E-state index in [0.29, 0.717) is 51.8 Å². The molecule has 0 aliphatic carbocycles. The summed E-state index contributed by atoms with van der Waals surface area (Å²) in [5.41, 5.74) is 2.88. The van der Waals surface area contributed by atoms with Gasteiger partial charge in [-0.15, -0.1) is 6.42 Å². The third-order valence-electron chi connectivity index (χ3n) is 6.36. The number of hydrogen-bond acceptors (Lipinski definition) is 6. The van der Waals surface area contributed by atoms with E-state index >= 15 is 0 Å². The lowest BCUT2D eigenvalue weighted by atomic mass is 9.98. The third-order valence-corrected chi connectivity index (χ3v) is 6.36. The average Bonchev–Trinajstić information content (AvgIpc) is 2.94. The van der Waals surface area contributed by atoms with Crippen LogP contribution in [0.25, 0.3) is 16.3 Å². The molecule has 7 nitrogen and oxygen atoms in total. The highest BCUT2D eigenvalue weighted by atomic mass is 16.5. The summed E-state index contributed by atoms with van der Waals surface area (Å²) in [6.45, 7) is 7.04. The molecule has 0 unspecified atom stereocenters. The Labute approximate surface area is 220 Å². The van der Waals surface area contributed by atoms with Gasteiger partial charge in [0.05, 0.1) is 26.4 Å². The number of carbonyl (C=O) groups excluding carboxylic acids is 1. The van der Waals surface area contributed by atoms with Crippen molar-refractivity contribution in [1.82, 2.24) is 5.32 Å². The van der Waals surface area contributed by atoms with Crippen molar-refractivity contribution in [3.63, 3.8) is 0 Å². The Morgan fingerprint density at radius 1 is 0.973 bits per heavy atom. The van der Waals surface area contributed by atoms with Crippen molar-refractivity contribution in [2.75, 3.05) is 64.2 Å². The highest BCUT2D eigenvalue weighted by Crippen LogP contribution is 2.28. The molecule has 1 amide bonds. The molecule has 1 aliphatic heterocycles. The van der Waals surface area contributed by atoms with E-state index in [0.717, 1.165) is 35.8 Å². The molecule has 1 heterocycles. The Morgan fingerprint density at radius 2 is 1.68 bits per heavy atom. The van der Waals surface area contributed by atoms with Crippen molar-refractivity contribution in [3.05, 3.63) is 47.5 Å². The molecule has 1 N–H and O–H groups in total. The van der Waals surface area contributed by atoms with Crippen molar-refractivity contribution in [2.45, 2.75) is 32.6 Å². The number of ether oxygens (including phenoxy) is 3. The van der Waals surface area contributed by atoms with Crippen LogP contribution in [0, 0.1) is 23.7 Å². The quantitative estimate of drug-likeness (QED) is 0.179. The minimum absolute atomic E-state index is 0.111. The van der Waals surface area contributed by atoms with E-state index in [-0.39, 0.29) is 5.57 Å². The molecular weight excluding hydrogens is 466 g/mol. The molecule has 1 aliphatic rings. The summed E-state index contributed by atoms with van der Waals surface area (Å²) in [7, 11) is 0. The van der Waals surface area contributed by atoms with Crippen LogP contribution in [0.5, 0.6) is 0 Å². The number of benzene rings is 2. The maximum absolute atomic E-state index is 12.7. The highest BCUT2D eigenvalue weighted by molar-refractivity contribution is 6.05. The van der Waals surface area contributed by atoms with Gasteiger partial charge in [0.2, 0.25) is 0 Å². The largest absolute Gasteiger partial charge is 0.379 e. The van der Waals surface area contributed by atoms with Crippen molar-refractivity contribution in [3.8, 4) is 18.4 Å². The van der Waals surface area contributed by atoms with Crippen molar-refractivity contribution in [1.29, 1.82) is 5.26 Å². The first kappa shape index (κ1) is 28.2. The Kier molecular flexibility index (Phi) is 12.0. The monoisotopic (exact) mass is 503 g/mol. The zero-order valence-corrected chi connectivity index (χ0v) is 21.8. The number of carbonyl (C=O) groups is 1. The molecule has 2 aromatic rings. The van der Waals surface area contributed by atoms with Crippen molar-refractivity contribution < 1.29 is 19.0 Å². The van der Waals surface area contributed by atoms with Crippen LogP contribution in [0.2, 0.25) is 0 Å². The Hall–Kier alpha value is -3.36. The highest BCUT2D eigenvalue weighted by Gasteiger charge is 2.15. The first-order valence-electron chi connectivity index (χ1n) is 13.0. The van der Waals surface area contributed by atoms with E-state index in [1.807, 2.05) is 19.1 Å². The van der Waals surface area contributed by atoms with Gasteiger partial charge in [0.25, 0.3) is 5.91 Å². The average molecular weight is 504 g/mol. The molecule has 0 radical (unpaired) electrons. The first-order valence-corrected chi connectivity index (χ1v) is 13.0. The number of nitrogens with one attached hydrogen (secondary N) is 1. The molecule has 196 valence electrons. The van der Waals surface area contributed by atoms with Gasteiger partial charge in [0.1, 0.15) is 18.2 Å². The molecular formula is C30H37N3O4. The first-order chi connectivity index (χ1) is 18.1. The molecule has 7 heteroatoms. The lowest BCUT2D eigenvalue weighted by Crippen LogP contribution is -2.29. The fourth-order valence-corrected chi connectivity index (χ4v) is 4.31. The molecule has 1 saturated heterocycles. The molecule has 0 spiro atoms. The maximum atomic E-state index is 12.7. The molecule has 2 aromatic carbocycles. The van der Waals surface area contributed by atoms with Gasteiger partial charge in [0, 0.05) is 31.9 Å². The zero-order valence-electron chi connectivity index (χ0n) is 21.8. The predicted octanol–water partition coefficient (Wildman–Crippen LogP) is 4.32. The van der Waals surface area contributed by atoms with Crippen molar-refractivity contribution >= 4 is 27.9 Å². The molecule has 0 atom stereocenters. The summed E-state index contributed by atoms with van der Waals surface area (Å²) < 4.78 is 16.1. The van der Waals surface area contributed by atoms with Gasteiger partial charge in [-0.05, 0) is 72.7 Å². The van der Waals surface area contributed by atoms with Crippen LogP contribution in [0.3, 0.4) is 0 Å². The number of nitriles is 1. The number of allylic oxidation sites excluding steroid dienone is 1. The van der Waals surface area contributed by atoms with Crippen LogP contribution in [0.1, 0.15) is 38.2 Å². The van der Waals surface area contributed by atoms with Gasteiger partial charge in [0.15, 0.2) is 0 Å². The summed E-state index contributed by atoms with van der Waals surface area (Å²) in [6.07, 6.45) is 9.67. The number of terminal acetylenes is 1. The minimum Gasteiger partial charge on any atom is -0.379 e. The fourth-order valence-electron chi connectivity index (χ4n) is 4.31. The SMILES string of the molecule is C#CCOCCCOCCOCCNC(=O)C(C#N)=C(C)c1ccc2cc(N3CCCCC3)ccc2c1. The molecule has 0 aromatic heterocycles. The minimum atomic E-state index is -0.396. The van der Waals surface area contributed by atoms with Crippen LogP contribution in [0.15, 0.2) is 42.0 Å². The molecule has 3 rings (SSSR count). The van der Waals surface area contributed by atoms with Crippen LogP contribution >= 0.6 is 0 Å². The van der Waals surface area contributed by atoms with E-state index in [2.05, 4.69) is 46.5 Å². The summed E-state index contributed by atoms with van der Waals surface area (Å²) in [5.74, 6) is 2.02. The zero-order chi connectivity index (χ0) is 26.3. The van der Waals surface area contributed by atoms with Crippen molar-refractivity contribution in [2.24, 2.45) is 0 Å². The number of amides is 1. The van der Waals surface area contributed by atoms with Crippen LogP contribution in [-0.4, -0.2) is 65.2 Å². The van der Waals surface area contributed by atoms with E-state index in [9.17, 15) is 10.1 Å². The standard InChI is InChI=1S/C30H37N3O4/c1-3-15-35-16-7-17-36-19-20-37-18-12-32-30(34)29(23-31)24(2)25-8-9-27-22-28(11-10-26(27)21-25)33-13-5-4-6-14-33/h1,8-11,21-22H,4-7,12-20H2,2H3,(H,32,34). The molecule has 0 bridgehead atoms. The summed E-state index contributed by atoms with van der Waals surface area (Å²) >= 11 is 0. The predicted molar refractivity (Wildman–Crippen MR) is 147 cm³/mol. The Bertz CT molecular complexity index is 1140. The fraction of sp³-hybridized carbons (Fsp3) is 0.467. The number of piperidine rings is 1. The van der Waals surface area contributed by atoms with Gasteiger partial charge in [-0.3, -0.25) is 4.79 Å². The Morgan fingerprint density at radius 3 is 2.43 bits per heavy atom. The number of anilines is 1. The third kappa shape index (κ3) is 8.91. The second-order valence-corrected chi connectivity index (χ2v) is 9.00. The summed E-state index contributed by atoms with van der Waals surface area (Å²) in [5, 5.41) is 14.7. The molecule has 37 heavy (non-hydrogen) atoms. The second kappa shape index (κ2) is 15.7. The number of hydrogen-bond donors (Lipinski definition) is 1. The van der Waals surface area contributed by atoms with Gasteiger partial charge in [-0.1, -0.05) is 24.1 Å². The maximum Gasteiger partial charge on any atom is 0.262 e. The summed E-state index contributed by atoms with van der Waals surface area (Å²) in [6, 6.07) is 14.7. The molecule has 0 saturated carbocycles. The molecule has 1 fully saturated rings.